The molecule has 1 aliphatic carbocycles. The van der Waals surface area contributed by atoms with Crippen LogP contribution in [0.1, 0.15) is 6.42 Å². The van der Waals surface area contributed by atoms with Crippen molar-refractivity contribution in [2.45, 2.75) is 18.5 Å². The lowest BCUT2D eigenvalue weighted by Crippen LogP contribution is -2.44. The van der Waals surface area contributed by atoms with E-state index >= 15 is 0 Å². The highest BCUT2D eigenvalue weighted by atomic mass is 16.5. The summed E-state index contributed by atoms with van der Waals surface area (Å²) in [5.74, 6) is -1.99. The van der Waals surface area contributed by atoms with Gasteiger partial charge in [-0.3, -0.25) is 29.0 Å². The predicted octanol–water partition coefficient (Wildman–Crippen LogP) is -1.58. The first-order valence-corrected chi connectivity index (χ1v) is 7.61. The number of methoxy groups -OCH3 is 4. The standard InChI is InChI=1S/C15H24N2O8/c1-22-12(18)6-16(7-13(19)23-2)10-5-11(10)17(8-14(20)24-3)9-15(21)25-4/h10-11H,5-9H2,1-4H3/t10-,11?/m1/s1. The van der Waals surface area contributed by atoms with Crippen molar-refractivity contribution < 1.29 is 38.1 Å². The summed E-state index contributed by atoms with van der Waals surface area (Å²) in [7, 11) is 5.02. The van der Waals surface area contributed by atoms with Crippen LogP contribution < -0.4 is 0 Å². The van der Waals surface area contributed by atoms with Gasteiger partial charge in [-0.2, -0.15) is 0 Å². The van der Waals surface area contributed by atoms with Crippen molar-refractivity contribution in [1.82, 2.24) is 9.80 Å². The van der Waals surface area contributed by atoms with E-state index in [1.54, 1.807) is 9.80 Å². The van der Waals surface area contributed by atoms with Crippen LogP contribution in [0, 0.1) is 0 Å². The van der Waals surface area contributed by atoms with E-state index in [-0.39, 0.29) is 38.3 Å². The molecule has 10 nitrogen and oxygen atoms in total. The van der Waals surface area contributed by atoms with Crippen molar-refractivity contribution in [3.63, 3.8) is 0 Å². The summed E-state index contributed by atoms with van der Waals surface area (Å²) in [5.41, 5.74) is 0. The molecular weight excluding hydrogens is 336 g/mol. The zero-order valence-corrected chi connectivity index (χ0v) is 14.9. The van der Waals surface area contributed by atoms with E-state index in [0.29, 0.717) is 6.42 Å². The summed E-state index contributed by atoms with van der Waals surface area (Å²) in [6.07, 6.45) is 0.571. The SMILES string of the molecule is COC(=O)CN(CC(=O)OC)C1C[C@H]1N(CC(=O)OC)CC(=O)OC. The van der Waals surface area contributed by atoms with Gasteiger partial charge in [0.1, 0.15) is 0 Å². The molecule has 0 spiro atoms. The second kappa shape index (κ2) is 9.94. The maximum atomic E-state index is 11.6. The summed E-state index contributed by atoms with van der Waals surface area (Å²) in [6.45, 7) is -0.401. The molecule has 0 bridgehead atoms. The maximum absolute atomic E-state index is 11.6. The second-order valence-corrected chi connectivity index (χ2v) is 5.48. The van der Waals surface area contributed by atoms with E-state index in [9.17, 15) is 19.2 Å². The van der Waals surface area contributed by atoms with Crippen LogP contribution in [0.4, 0.5) is 0 Å². The maximum Gasteiger partial charge on any atom is 0.319 e. The topological polar surface area (TPSA) is 112 Å². The molecular formula is C15H24N2O8. The van der Waals surface area contributed by atoms with Gasteiger partial charge in [-0.15, -0.1) is 0 Å². The van der Waals surface area contributed by atoms with E-state index in [1.807, 2.05) is 0 Å². The number of ether oxygens (including phenoxy) is 4. The Morgan fingerprint density at radius 1 is 0.640 bits per heavy atom. The second-order valence-electron chi connectivity index (χ2n) is 5.48. The molecule has 0 aliphatic heterocycles. The molecule has 0 amide bonds. The molecule has 0 N–H and O–H groups in total. The molecule has 142 valence electrons. The van der Waals surface area contributed by atoms with Crippen molar-refractivity contribution in [2.24, 2.45) is 0 Å². The lowest BCUT2D eigenvalue weighted by Gasteiger charge is -2.24. The minimum absolute atomic E-state index is 0.100. The van der Waals surface area contributed by atoms with E-state index < -0.39 is 23.9 Å². The van der Waals surface area contributed by atoms with Gasteiger partial charge in [-0.1, -0.05) is 0 Å². The average Bonchev–Trinajstić information content (AvgIpc) is 3.40. The van der Waals surface area contributed by atoms with Gasteiger partial charge in [0.05, 0.1) is 54.6 Å². The Morgan fingerprint density at radius 3 is 1.08 bits per heavy atom. The molecule has 1 rings (SSSR count). The fourth-order valence-corrected chi connectivity index (χ4v) is 2.46. The molecule has 1 saturated carbocycles. The third kappa shape index (κ3) is 6.67. The van der Waals surface area contributed by atoms with E-state index in [1.165, 1.54) is 28.4 Å². The van der Waals surface area contributed by atoms with Gasteiger partial charge in [-0.05, 0) is 6.42 Å². The molecule has 0 aromatic carbocycles. The Hall–Kier alpha value is -2.20. The highest BCUT2D eigenvalue weighted by Gasteiger charge is 2.47. The molecule has 0 aromatic heterocycles. The van der Waals surface area contributed by atoms with Crippen LogP contribution in [0.3, 0.4) is 0 Å². The van der Waals surface area contributed by atoms with Gasteiger partial charge >= 0.3 is 23.9 Å². The Bertz CT molecular complexity index is 430. The fraction of sp³-hybridized carbons (Fsp3) is 0.733. The Balaban J connectivity index is 2.80. The fourth-order valence-electron chi connectivity index (χ4n) is 2.46. The van der Waals surface area contributed by atoms with Crippen LogP contribution in [0.2, 0.25) is 0 Å². The molecule has 1 aliphatic rings. The van der Waals surface area contributed by atoms with E-state index in [4.69, 9.17) is 0 Å². The first-order valence-electron chi connectivity index (χ1n) is 7.61. The Labute approximate surface area is 145 Å². The van der Waals surface area contributed by atoms with Gasteiger partial charge in [0.2, 0.25) is 0 Å². The van der Waals surface area contributed by atoms with Gasteiger partial charge < -0.3 is 18.9 Å². The normalized spacial score (nSPS) is 18.6. The summed E-state index contributed by atoms with van der Waals surface area (Å²) < 4.78 is 18.6. The third-order valence-corrected chi connectivity index (χ3v) is 3.90. The van der Waals surface area contributed by atoms with Gasteiger partial charge in [0, 0.05) is 12.1 Å². The minimum atomic E-state index is -0.498. The first-order chi connectivity index (χ1) is 11.9. The molecule has 1 unspecified atom stereocenters. The van der Waals surface area contributed by atoms with Crippen molar-refractivity contribution in [3.05, 3.63) is 0 Å². The van der Waals surface area contributed by atoms with Crippen LogP contribution in [0.15, 0.2) is 0 Å². The van der Waals surface area contributed by atoms with Crippen molar-refractivity contribution in [3.8, 4) is 0 Å². The lowest BCUT2D eigenvalue weighted by molar-refractivity contribution is -0.149. The summed E-state index contributed by atoms with van der Waals surface area (Å²) >= 11 is 0. The summed E-state index contributed by atoms with van der Waals surface area (Å²) in [5, 5.41) is 0. The Kier molecular flexibility index (Phi) is 8.29. The Morgan fingerprint density at radius 2 is 0.880 bits per heavy atom. The molecule has 0 saturated heterocycles. The molecule has 2 atom stereocenters. The quantitative estimate of drug-likeness (QED) is 0.334. The van der Waals surface area contributed by atoms with Gasteiger partial charge in [-0.25, -0.2) is 0 Å². The van der Waals surface area contributed by atoms with Crippen LogP contribution in [-0.4, -0.2) is 100 Å². The van der Waals surface area contributed by atoms with E-state index in [2.05, 4.69) is 18.9 Å². The highest BCUT2D eigenvalue weighted by molar-refractivity contribution is 5.76. The molecule has 25 heavy (non-hydrogen) atoms. The monoisotopic (exact) mass is 360 g/mol. The highest BCUT2D eigenvalue weighted by Crippen LogP contribution is 2.33. The minimum Gasteiger partial charge on any atom is -0.468 e. The third-order valence-electron chi connectivity index (χ3n) is 3.90. The number of carbonyl (C=O) groups excluding carboxylic acids is 4. The van der Waals surface area contributed by atoms with E-state index in [0.717, 1.165) is 0 Å². The zero-order valence-electron chi connectivity index (χ0n) is 14.9. The number of hydrogen-bond donors (Lipinski definition) is 0. The summed E-state index contributed by atoms with van der Waals surface area (Å²) in [6, 6.07) is -0.403. The van der Waals surface area contributed by atoms with Crippen molar-refractivity contribution in [2.75, 3.05) is 54.6 Å². The van der Waals surface area contributed by atoms with Crippen LogP contribution in [-0.2, 0) is 38.1 Å². The molecule has 1 fully saturated rings. The van der Waals surface area contributed by atoms with Crippen molar-refractivity contribution >= 4 is 23.9 Å². The number of hydrogen-bond acceptors (Lipinski definition) is 10. The molecule has 10 heteroatoms. The van der Waals surface area contributed by atoms with Crippen LogP contribution >= 0.6 is 0 Å². The number of carbonyl (C=O) groups is 4. The first kappa shape index (κ1) is 20.8. The smallest absolute Gasteiger partial charge is 0.319 e. The van der Waals surface area contributed by atoms with Crippen LogP contribution in [0.25, 0.3) is 0 Å². The van der Waals surface area contributed by atoms with Gasteiger partial charge in [0.15, 0.2) is 0 Å². The number of esters is 4. The zero-order chi connectivity index (χ0) is 19.0. The lowest BCUT2D eigenvalue weighted by atomic mass is 10.4. The van der Waals surface area contributed by atoms with Gasteiger partial charge in [0.25, 0.3) is 0 Å². The van der Waals surface area contributed by atoms with Crippen LogP contribution in [0.5, 0.6) is 0 Å². The molecule has 0 aromatic rings. The molecule has 0 heterocycles. The molecule has 0 radical (unpaired) electrons. The van der Waals surface area contributed by atoms with Crippen molar-refractivity contribution in [1.29, 1.82) is 0 Å². The largest absolute Gasteiger partial charge is 0.468 e. The number of nitrogens with zero attached hydrogens (tertiary/aromatic N) is 2. The average molecular weight is 360 g/mol. The number of rotatable bonds is 10. The summed E-state index contributed by atoms with van der Waals surface area (Å²) in [4.78, 5) is 49.5. The predicted molar refractivity (Wildman–Crippen MR) is 83.4 cm³/mol.